The summed E-state index contributed by atoms with van der Waals surface area (Å²) in [6, 6.07) is 0.897. The van der Waals surface area contributed by atoms with Crippen molar-refractivity contribution in [2.45, 2.75) is 77.2 Å². The molecule has 0 heterocycles. The van der Waals surface area contributed by atoms with Crippen molar-refractivity contribution in [3.63, 3.8) is 0 Å². The van der Waals surface area contributed by atoms with E-state index in [2.05, 4.69) is 12.2 Å². The van der Waals surface area contributed by atoms with Crippen LogP contribution in [-0.2, 0) is 0 Å². The fourth-order valence-electron chi connectivity index (χ4n) is 3.04. The number of rotatable bonds is 7. The zero-order chi connectivity index (χ0) is 10.6. The number of hydrogen-bond donors (Lipinski definition) is 1. The first kappa shape index (κ1) is 11.4. The molecule has 0 bridgehead atoms. The molecule has 2 aliphatic carbocycles. The molecule has 1 heteroatoms. The van der Waals surface area contributed by atoms with E-state index < -0.39 is 0 Å². The predicted molar refractivity (Wildman–Crippen MR) is 66.1 cm³/mol. The van der Waals surface area contributed by atoms with E-state index in [0.29, 0.717) is 5.41 Å². The Hall–Kier alpha value is -0.0400. The van der Waals surface area contributed by atoms with Gasteiger partial charge in [-0.1, -0.05) is 39.0 Å². The molecule has 0 amide bonds. The molecule has 0 aromatic heterocycles. The Morgan fingerprint density at radius 3 is 2.47 bits per heavy atom. The molecule has 0 spiro atoms. The van der Waals surface area contributed by atoms with Gasteiger partial charge in [0.15, 0.2) is 0 Å². The van der Waals surface area contributed by atoms with Gasteiger partial charge in [0.05, 0.1) is 0 Å². The Labute approximate surface area is 95.0 Å². The van der Waals surface area contributed by atoms with E-state index in [9.17, 15) is 0 Å². The van der Waals surface area contributed by atoms with Crippen LogP contribution in [0.3, 0.4) is 0 Å². The van der Waals surface area contributed by atoms with Gasteiger partial charge in [-0.25, -0.2) is 0 Å². The number of unbranched alkanes of at least 4 members (excludes halogenated alkanes) is 2. The quantitative estimate of drug-likeness (QED) is 0.627. The second kappa shape index (κ2) is 5.34. The summed E-state index contributed by atoms with van der Waals surface area (Å²) in [4.78, 5) is 0. The van der Waals surface area contributed by atoms with E-state index in [0.717, 1.165) is 6.04 Å². The Kier molecular flexibility index (Phi) is 4.07. The van der Waals surface area contributed by atoms with Gasteiger partial charge in [-0.2, -0.15) is 0 Å². The Morgan fingerprint density at radius 2 is 1.87 bits per heavy atom. The minimum atomic E-state index is 0.706. The summed E-state index contributed by atoms with van der Waals surface area (Å²) < 4.78 is 0. The van der Waals surface area contributed by atoms with Crippen LogP contribution in [0.4, 0.5) is 0 Å². The maximum atomic E-state index is 3.77. The summed E-state index contributed by atoms with van der Waals surface area (Å²) >= 11 is 0. The Balaban J connectivity index is 1.73. The van der Waals surface area contributed by atoms with Crippen molar-refractivity contribution in [1.29, 1.82) is 0 Å². The third-order valence-corrected chi connectivity index (χ3v) is 4.32. The highest BCUT2D eigenvalue weighted by atomic mass is 15.0. The van der Waals surface area contributed by atoms with Crippen LogP contribution in [-0.4, -0.2) is 12.6 Å². The summed E-state index contributed by atoms with van der Waals surface area (Å²) in [5.41, 5.74) is 0.706. The first-order valence-electron chi connectivity index (χ1n) is 7.08. The zero-order valence-corrected chi connectivity index (χ0v) is 10.4. The molecular formula is C14H27N. The fourth-order valence-corrected chi connectivity index (χ4v) is 3.04. The molecule has 15 heavy (non-hydrogen) atoms. The first-order valence-corrected chi connectivity index (χ1v) is 7.08. The zero-order valence-electron chi connectivity index (χ0n) is 10.4. The lowest BCUT2D eigenvalue weighted by Crippen LogP contribution is -2.33. The average molecular weight is 209 g/mol. The van der Waals surface area contributed by atoms with E-state index in [1.807, 2.05) is 0 Å². The summed E-state index contributed by atoms with van der Waals surface area (Å²) in [6.07, 6.45) is 14.6. The summed E-state index contributed by atoms with van der Waals surface area (Å²) in [7, 11) is 0. The van der Waals surface area contributed by atoms with E-state index in [1.165, 1.54) is 70.8 Å². The number of nitrogens with one attached hydrogen (secondary N) is 1. The van der Waals surface area contributed by atoms with Crippen LogP contribution >= 0.6 is 0 Å². The van der Waals surface area contributed by atoms with E-state index in [-0.39, 0.29) is 0 Å². The molecule has 0 aromatic rings. The van der Waals surface area contributed by atoms with Gasteiger partial charge in [0.25, 0.3) is 0 Å². The van der Waals surface area contributed by atoms with Gasteiger partial charge in [0.1, 0.15) is 0 Å². The van der Waals surface area contributed by atoms with Crippen LogP contribution < -0.4 is 5.32 Å². The Morgan fingerprint density at radius 1 is 1.13 bits per heavy atom. The minimum Gasteiger partial charge on any atom is -0.313 e. The molecule has 0 atom stereocenters. The summed E-state index contributed by atoms with van der Waals surface area (Å²) in [5, 5.41) is 3.77. The van der Waals surface area contributed by atoms with Crippen LogP contribution in [0.5, 0.6) is 0 Å². The maximum Gasteiger partial charge on any atom is 0.00684 e. The predicted octanol–water partition coefficient (Wildman–Crippen LogP) is 3.88. The van der Waals surface area contributed by atoms with Crippen LogP contribution in [0.2, 0.25) is 0 Å². The molecule has 0 saturated heterocycles. The molecule has 2 aliphatic rings. The topological polar surface area (TPSA) is 12.0 Å². The van der Waals surface area contributed by atoms with Crippen LogP contribution in [0.15, 0.2) is 0 Å². The highest BCUT2D eigenvalue weighted by Gasteiger charge is 2.34. The standard InChI is InChI=1S/C14H27N/c1-2-3-4-9-14(10-5-6-11-14)12-15-13-7-8-13/h13,15H,2-12H2,1H3. The fraction of sp³-hybridized carbons (Fsp3) is 1.00. The van der Waals surface area contributed by atoms with Gasteiger partial charge in [0.2, 0.25) is 0 Å². The van der Waals surface area contributed by atoms with Crippen molar-refractivity contribution in [3.05, 3.63) is 0 Å². The summed E-state index contributed by atoms with van der Waals surface area (Å²) in [6.45, 7) is 3.63. The summed E-state index contributed by atoms with van der Waals surface area (Å²) in [5.74, 6) is 0. The Bertz CT molecular complexity index is 178. The maximum absolute atomic E-state index is 3.77. The highest BCUT2D eigenvalue weighted by molar-refractivity contribution is 4.90. The first-order chi connectivity index (χ1) is 7.35. The van der Waals surface area contributed by atoms with Crippen LogP contribution in [0, 0.1) is 5.41 Å². The molecule has 0 radical (unpaired) electrons. The van der Waals surface area contributed by atoms with Gasteiger partial charge < -0.3 is 5.32 Å². The third-order valence-electron chi connectivity index (χ3n) is 4.32. The molecule has 1 N–H and O–H groups in total. The second-order valence-electron chi connectivity index (χ2n) is 5.82. The third kappa shape index (κ3) is 3.48. The normalized spacial score (nSPS) is 24.6. The van der Waals surface area contributed by atoms with Crippen LogP contribution in [0.25, 0.3) is 0 Å². The van der Waals surface area contributed by atoms with E-state index in [1.54, 1.807) is 0 Å². The van der Waals surface area contributed by atoms with Crippen molar-refractivity contribution in [2.24, 2.45) is 5.41 Å². The van der Waals surface area contributed by atoms with Crippen molar-refractivity contribution in [3.8, 4) is 0 Å². The van der Waals surface area contributed by atoms with Crippen molar-refractivity contribution in [2.75, 3.05) is 6.54 Å². The molecule has 2 rings (SSSR count). The van der Waals surface area contributed by atoms with Gasteiger partial charge in [-0.15, -0.1) is 0 Å². The smallest absolute Gasteiger partial charge is 0.00684 e. The molecule has 1 nitrogen and oxygen atoms in total. The van der Waals surface area contributed by atoms with Crippen LogP contribution in [0.1, 0.15) is 71.1 Å². The molecule has 88 valence electrons. The molecule has 0 aliphatic heterocycles. The van der Waals surface area contributed by atoms with Gasteiger partial charge in [0, 0.05) is 12.6 Å². The molecule has 0 unspecified atom stereocenters. The van der Waals surface area contributed by atoms with Crippen molar-refractivity contribution in [1.82, 2.24) is 5.32 Å². The molecule has 2 saturated carbocycles. The van der Waals surface area contributed by atoms with Gasteiger partial charge in [-0.3, -0.25) is 0 Å². The molecular weight excluding hydrogens is 182 g/mol. The van der Waals surface area contributed by atoms with E-state index in [4.69, 9.17) is 0 Å². The highest BCUT2D eigenvalue weighted by Crippen LogP contribution is 2.42. The second-order valence-corrected chi connectivity index (χ2v) is 5.82. The lowest BCUT2D eigenvalue weighted by Gasteiger charge is -2.29. The minimum absolute atomic E-state index is 0.706. The van der Waals surface area contributed by atoms with Gasteiger partial charge in [-0.05, 0) is 37.5 Å². The van der Waals surface area contributed by atoms with Crippen molar-refractivity contribution < 1.29 is 0 Å². The molecule has 0 aromatic carbocycles. The van der Waals surface area contributed by atoms with E-state index >= 15 is 0 Å². The monoisotopic (exact) mass is 209 g/mol. The average Bonchev–Trinajstić information content (AvgIpc) is 2.97. The van der Waals surface area contributed by atoms with Gasteiger partial charge >= 0.3 is 0 Å². The SMILES string of the molecule is CCCCCC1(CNC2CC2)CCCC1. The lowest BCUT2D eigenvalue weighted by molar-refractivity contribution is 0.247. The molecule has 2 fully saturated rings. The van der Waals surface area contributed by atoms with Crippen molar-refractivity contribution >= 4 is 0 Å². The number of hydrogen-bond acceptors (Lipinski definition) is 1. The largest absolute Gasteiger partial charge is 0.313 e. The lowest BCUT2D eigenvalue weighted by atomic mass is 9.81.